The van der Waals surface area contributed by atoms with Gasteiger partial charge in [0.15, 0.2) is 5.69 Å². The summed E-state index contributed by atoms with van der Waals surface area (Å²) in [6.07, 6.45) is 4.62. The topological polar surface area (TPSA) is 76.3 Å². The van der Waals surface area contributed by atoms with E-state index in [1.165, 1.54) is 10.2 Å². The number of hydrogen-bond acceptors (Lipinski definition) is 4. The van der Waals surface area contributed by atoms with Crippen LogP contribution in [0.3, 0.4) is 0 Å². The fourth-order valence-electron chi connectivity index (χ4n) is 3.75. The largest absolute Gasteiger partial charge is 0.292 e. The Labute approximate surface area is 169 Å². The zero-order chi connectivity index (χ0) is 20.2. The Hall–Kier alpha value is -3.28. The Bertz CT molecular complexity index is 1150. The van der Waals surface area contributed by atoms with E-state index in [4.69, 9.17) is 0 Å². The van der Waals surface area contributed by atoms with E-state index >= 15 is 0 Å². The van der Waals surface area contributed by atoms with Crippen LogP contribution in [0, 0.1) is 0 Å². The number of hydrogen-bond donors (Lipinski definition) is 1. The molecule has 29 heavy (non-hydrogen) atoms. The van der Waals surface area contributed by atoms with E-state index in [1.54, 1.807) is 24.3 Å². The zero-order valence-electron chi connectivity index (χ0n) is 16.5. The fourth-order valence-corrected chi connectivity index (χ4v) is 3.75. The van der Waals surface area contributed by atoms with Gasteiger partial charge in [0.1, 0.15) is 0 Å². The highest BCUT2D eigenvalue weighted by Crippen LogP contribution is 2.21. The van der Waals surface area contributed by atoms with Crippen molar-refractivity contribution >= 4 is 22.4 Å². The van der Waals surface area contributed by atoms with Gasteiger partial charge in [-0.3, -0.25) is 9.59 Å². The lowest BCUT2D eigenvalue weighted by molar-refractivity contribution is 0.0949. The molecule has 0 atom stereocenters. The number of benzene rings is 2. The summed E-state index contributed by atoms with van der Waals surface area (Å²) in [5.41, 5.74) is 5.95. The molecule has 0 spiro atoms. The Balaban J connectivity index is 1.69. The molecule has 1 aliphatic carbocycles. The number of nitrogens with one attached hydrogen (secondary N) is 1. The number of unbranched alkanes of at least 4 members (excludes halogenated alkanes) is 1. The average Bonchev–Trinajstić information content (AvgIpc) is 2.77. The van der Waals surface area contributed by atoms with Crippen molar-refractivity contribution in [3.8, 4) is 0 Å². The predicted octanol–water partition coefficient (Wildman–Crippen LogP) is 3.67. The van der Waals surface area contributed by atoms with E-state index in [2.05, 4.69) is 28.6 Å². The molecular weight excluding hydrogens is 364 g/mol. The van der Waals surface area contributed by atoms with Crippen LogP contribution in [0.4, 0.5) is 0 Å². The van der Waals surface area contributed by atoms with E-state index in [0.29, 0.717) is 17.3 Å². The molecular formula is C23H24N4O2. The third-order valence-electron chi connectivity index (χ3n) is 5.29. The minimum absolute atomic E-state index is 0.168. The van der Waals surface area contributed by atoms with Gasteiger partial charge in [0.25, 0.3) is 11.5 Å². The smallest absolute Gasteiger partial charge is 0.267 e. The maximum absolute atomic E-state index is 13.0. The van der Waals surface area contributed by atoms with Crippen LogP contribution in [0.5, 0.6) is 0 Å². The van der Waals surface area contributed by atoms with Crippen LogP contribution in [-0.4, -0.2) is 21.4 Å². The van der Waals surface area contributed by atoms with Crippen molar-refractivity contribution in [1.29, 1.82) is 0 Å². The van der Waals surface area contributed by atoms with Crippen LogP contribution in [-0.2, 0) is 13.0 Å². The minimum atomic E-state index is -0.401. The summed E-state index contributed by atoms with van der Waals surface area (Å²) in [7, 11) is 0. The van der Waals surface area contributed by atoms with Crippen molar-refractivity contribution in [3.05, 3.63) is 75.7 Å². The molecule has 6 heteroatoms. The van der Waals surface area contributed by atoms with Gasteiger partial charge in [0.05, 0.1) is 11.1 Å². The van der Waals surface area contributed by atoms with E-state index in [1.807, 2.05) is 18.2 Å². The zero-order valence-corrected chi connectivity index (χ0v) is 16.5. The molecule has 1 aliphatic rings. The SMILES string of the molecule is CCCCn1nc(C(=O)N/N=C2\CCCc3ccccc32)c2ccccc2c1=O. The number of aromatic nitrogens is 2. The maximum Gasteiger partial charge on any atom is 0.292 e. The van der Waals surface area contributed by atoms with Gasteiger partial charge in [-0.2, -0.15) is 10.2 Å². The predicted molar refractivity (Wildman–Crippen MR) is 114 cm³/mol. The van der Waals surface area contributed by atoms with Crippen LogP contribution in [0.15, 0.2) is 58.4 Å². The number of nitrogens with zero attached hydrogens (tertiary/aromatic N) is 3. The summed E-state index contributed by atoms with van der Waals surface area (Å²) < 4.78 is 1.39. The molecule has 0 aliphatic heterocycles. The molecule has 1 heterocycles. The standard InChI is InChI=1S/C23H24N4O2/c1-2-3-15-27-23(29)19-13-7-6-12-18(19)21(26-27)22(28)25-24-20-14-8-10-16-9-4-5-11-17(16)20/h4-7,9,11-13H,2-3,8,10,14-15H2,1H3,(H,25,28)/b24-20+. The van der Waals surface area contributed by atoms with Gasteiger partial charge in [-0.05, 0) is 37.3 Å². The second-order valence-electron chi connectivity index (χ2n) is 7.29. The number of carbonyl (C=O) groups is 1. The lowest BCUT2D eigenvalue weighted by atomic mass is 9.90. The summed E-state index contributed by atoms with van der Waals surface area (Å²) in [6.45, 7) is 2.54. The summed E-state index contributed by atoms with van der Waals surface area (Å²) in [6, 6.07) is 15.3. The molecule has 0 saturated carbocycles. The Morgan fingerprint density at radius 1 is 1.10 bits per heavy atom. The second kappa shape index (κ2) is 8.39. The first-order valence-corrected chi connectivity index (χ1v) is 10.1. The Morgan fingerprint density at radius 2 is 1.86 bits per heavy atom. The van der Waals surface area contributed by atoms with Crippen LogP contribution in [0.1, 0.15) is 54.2 Å². The quantitative estimate of drug-likeness (QED) is 0.678. The summed E-state index contributed by atoms with van der Waals surface area (Å²) in [4.78, 5) is 25.6. The molecule has 0 fully saturated rings. The molecule has 1 amide bonds. The average molecular weight is 388 g/mol. The number of fused-ring (bicyclic) bond motifs is 2. The van der Waals surface area contributed by atoms with E-state index in [-0.39, 0.29) is 11.3 Å². The van der Waals surface area contributed by atoms with Gasteiger partial charge in [-0.1, -0.05) is 55.8 Å². The normalized spacial score (nSPS) is 14.7. The molecule has 4 rings (SSSR count). The Morgan fingerprint density at radius 3 is 2.69 bits per heavy atom. The van der Waals surface area contributed by atoms with Crippen LogP contribution in [0.2, 0.25) is 0 Å². The van der Waals surface area contributed by atoms with Gasteiger partial charge in [0, 0.05) is 17.5 Å². The van der Waals surface area contributed by atoms with E-state index < -0.39 is 5.91 Å². The molecule has 1 N–H and O–H groups in total. The monoisotopic (exact) mass is 388 g/mol. The van der Waals surface area contributed by atoms with E-state index in [9.17, 15) is 9.59 Å². The van der Waals surface area contributed by atoms with Crippen molar-refractivity contribution in [2.45, 2.75) is 45.6 Å². The number of amides is 1. The van der Waals surface area contributed by atoms with Crippen molar-refractivity contribution < 1.29 is 4.79 Å². The molecule has 0 saturated heterocycles. The molecule has 0 bridgehead atoms. The summed E-state index contributed by atoms with van der Waals surface area (Å²) in [5, 5.41) is 9.83. The second-order valence-corrected chi connectivity index (χ2v) is 7.29. The molecule has 3 aromatic rings. The van der Waals surface area contributed by atoms with Gasteiger partial charge in [-0.25, -0.2) is 10.1 Å². The molecule has 6 nitrogen and oxygen atoms in total. The van der Waals surface area contributed by atoms with E-state index in [0.717, 1.165) is 43.4 Å². The Kier molecular flexibility index (Phi) is 5.51. The van der Waals surface area contributed by atoms with Crippen LogP contribution < -0.4 is 11.0 Å². The van der Waals surface area contributed by atoms with Crippen molar-refractivity contribution in [1.82, 2.24) is 15.2 Å². The van der Waals surface area contributed by atoms with Crippen LogP contribution >= 0.6 is 0 Å². The third kappa shape index (κ3) is 3.83. The summed E-state index contributed by atoms with van der Waals surface area (Å²) >= 11 is 0. The van der Waals surface area contributed by atoms with Gasteiger partial charge < -0.3 is 0 Å². The van der Waals surface area contributed by atoms with Crippen molar-refractivity contribution in [2.24, 2.45) is 5.10 Å². The van der Waals surface area contributed by atoms with Gasteiger partial charge >= 0.3 is 0 Å². The number of aryl methyl sites for hydroxylation is 2. The van der Waals surface area contributed by atoms with Crippen molar-refractivity contribution in [3.63, 3.8) is 0 Å². The molecule has 1 aromatic heterocycles. The lowest BCUT2D eigenvalue weighted by Crippen LogP contribution is -2.29. The first-order chi connectivity index (χ1) is 14.2. The maximum atomic E-state index is 13.0. The first-order valence-electron chi connectivity index (χ1n) is 10.1. The van der Waals surface area contributed by atoms with Gasteiger partial charge in [-0.15, -0.1) is 0 Å². The van der Waals surface area contributed by atoms with Crippen molar-refractivity contribution in [2.75, 3.05) is 0 Å². The number of rotatable bonds is 5. The number of carbonyl (C=O) groups excluding carboxylic acids is 1. The van der Waals surface area contributed by atoms with Gasteiger partial charge in [0.2, 0.25) is 0 Å². The summed E-state index contributed by atoms with van der Waals surface area (Å²) in [5.74, 6) is -0.401. The minimum Gasteiger partial charge on any atom is -0.267 e. The lowest BCUT2D eigenvalue weighted by Gasteiger charge is -2.17. The highest BCUT2D eigenvalue weighted by Gasteiger charge is 2.18. The molecule has 0 radical (unpaired) electrons. The fraction of sp³-hybridized carbons (Fsp3) is 0.304. The molecule has 0 unspecified atom stereocenters. The van der Waals surface area contributed by atoms with Crippen LogP contribution in [0.25, 0.3) is 10.8 Å². The highest BCUT2D eigenvalue weighted by molar-refractivity contribution is 6.07. The molecule has 148 valence electrons. The highest BCUT2D eigenvalue weighted by atomic mass is 16.2. The first kappa shape index (κ1) is 19.1. The number of hydrazone groups is 1. The third-order valence-corrected chi connectivity index (χ3v) is 5.29. The molecule has 2 aromatic carbocycles.